The molecule has 0 radical (unpaired) electrons. The van der Waals surface area contributed by atoms with Crippen LogP contribution in [0.25, 0.3) is 0 Å². The number of nitrogens with zero attached hydrogens (tertiary/aromatic N) is 4. The smallest absolute Gasteiger partial charge is 0.433 e. The number of carbonyl (C=O) groups is 1. The van der Waals surface area contributed by atoms with Crippen molar-refractivity contribution in [3.05, 3.63) is 41.7 Å². The van der Waals surface area contributed by atoms with E-state index in [0.29, 0.717) is 23.5 Å². The number of benzene rings is 1. The molecule has 30 heavy (non-hydrogen) atoms. The monoisotopic (exact) mass is 452 g/mol. The molecule has 0 atom stereocenters. The van der Waals surface area contributed by atoms with Crippen LogP contribution in [0.15, 0.2) is 40.5 Å². The quantitative estimate of drug-likeness (QED) is 0.548. The lowest BCUT2D eigenvalue weighted by Gasteiger charge is -2.35. The van der Waals surface area contributed by atoms with Gasteiger partial charge in [0.2, 0.25) is 0 Å². The molecule has 1 fully saturated rings. The molecule has 2 aromatic rings. The number of amides is 1. The van der Waals surface area contributed by atoms with Crippen molar-refractivity contribution < 1.29 is 36.2 Å². The topological polar surface area (TPSA) is 69.6 Å². The van der Waals surface area contributed by atoms with Crippen LogP contribution in [0.3, 0.4) is 0 Å². The summed E-state index contributed by atoms with van der Waals surface area (Å²) in [5.74, 6) is 0. The highest BCUT2D eigenvalue weighted by Gasteiger charge is 2.34. The number of hydrogen-bond acceptors (Lipinski definition) is 5. The van der Waals surface area contributed by atoms with E-state index in [1.807, 2.05) is 0 Å². The maximum absolute atomic E-state index is 13.2. The normalized spacial score (nSPS) is 15.4. The van der Waals surface area contributed by atoms with Crippen LogP contribution in [0.5, 0.6) is 0 Å². The molecule has 1 aromatic heterocycles. The average molecular weight is 452 g/mol. The fourth-order valence-electron chi connectivity index (χ4n) is 2.82. The predicted molar refractivity (Wildman–Crippen MR) is 94.4 cm³/mol. The van der Waals surface area contributed by atoms with E-state index >= 15 is 0 Å². The van der Waals surface area contributed by atoms with Gasteiger partial charge in [-0.05, 0) is 36.0 Å². The summed E-state index contributed by atoms with van der Waals surface area (Å²) < 4.78 is 78.2. The summed E-state index contributed by atoms with van der Waals surface area (Å²) in [7, 11) is 0. The van der Waals surface area contributed by atoms with Crippen LogP contribution >= 0.6 is 11.8 Å². The summed E-state index contributed by atoms with van der Waals surface area (Å²) in [5, 5.41) is 8.68. The van der Waals surface area contributed by atoms with Gasteiger partial charge in [0.1, 0.15) is 5.69 Å². The molecule has 1 amide bonds. The van der Waals surface area contributed by atoms with Gasteiger partial charge in [-0.25, -0.2) is 14.8 Å². The molecule has 162 valence electrons. The fourth-order valence-corrected chi connectivity index (χ4v) is 3.76. The number of anilines is 1. The van der Waals surface area contributed by atoms with Gasteiger partial charge in [0.15, 0.2) is 5.16 Å². The van der Waals surface area contributed by atoms with Crippen molar-refractivity contribution in [2.45, 2.75) is 22.4 Å². The second kappa shape index (κ2) is 8.20. The number of rotatable bonds is 3. The fraction of sp³-hybridized carbons (Fsp3) is 0.353. The lowest BCUT2D eigenvalue weighted by molar-refractivity contribution is -0.141. The van der Waals surface area contributed by atoms with E-state index < -0.39 is 29.7 Å². The molecule has 0 aliphatic carbocycles. The Kier molecular flexibility index (Phi) is 6.01. The van der Waals surface area contributed by atoms with E-state index in [0.717, 1.165) is 18.3 Å². The maximum Gasteiger partial charge on any atom is 0.433 e. The number of aromatic nitrogens is 2. The SMILES string of the molecule is O=C(O)N1CCN(c2ccc(C(F)(F)F)cc2Sc2nccc(C(F)(F)F)n2)CC1. The summed E-state index contributed by atoms with van der Waals surface area (Å²) in [6, 6.07) is 3.58. The van der Waals surface area contributed by atoms with Crippen LogP contribution in [0.2, 0.25) is 0 Å². The lowest BCUT2D eigenvalue weighted by Crippen LogP contribution is -2.48. The Bertz CT molecular complexity index is 929. The van der Waals surface area contributed by atoms with E-state index in [2.05, 4.69) is 9.97 Å². The first-order chi connectivity index (χ1) is 13.9. The Hall–Kier alpha value is -2.70. The first kappa shape index (κ1) is 22.0. The van der Waals surface area contributed by atoms with Crippen LogP contribution in [0, 0.1) is 0 Å². The van der Waals surface area contributed by atoms with Crippen LogP contribution in [0.4, 0.5) is 36.8 Å². The molecule has 1 aliphatic heterocycles. The molecular formula is C17H14F6N4O2S. The second-order valence-corrected chi connectivity index (χ2v) is 7.27. The van der Waals surface area contributed by atoms with Gasteiger partial charge in [-0.3, -0.25) is 0 Å². The maximum atomic E-state index is 13.2. The molecule has 1 aliphatic rings. The van der Waals surface area contributed by atoms with Gasteiger partial charge < -0.3 is 14.9 Å². The van der Waals surface area contributed by atoms with Gasteiger partial charge in [0, 0.05) is 37.3 Å². The van der Waals surface area contributed by atoms with Gasteiger partial charge in [0.05, 0.1) is 11.3 Å². The lowest BCUT2D eigenvalue weighted by atomic mass is 10.1. The minimum absolute atomic E-state index is 0.0212. The average Bonchev–Trinajstić information content (AvgIpc) is 2.67. The van der Waals surface area contributed by atoms with Crippen molar-refractivity contribution in [3.8, 4) is 0 Å². The van der Waals surface area contributed by atoms with Crippen molar-refractivity contribution in [2.24, 2.45) is 0 Å². The van der Waals surface area contributed by atoms with Crippen molar-refractivity contribution in [1.29, 1.82) is 0 Å². The molecule has 1 saturated heterocycles. The zero-order valence-corrected chi connectivity index (χ0v) is 15.9. The summed E-state index contributed by atoms with van der Waals surface area (Å²) in [5.41, 5.74) is -1.84. The first-order valence-corrected chi connectivity index (χ1v) is 9.29. The molecule has 2 heterocycles. The molecule has 0 spiro atoms. The van der Waals surface area contributed by atoms with E-state index in [4.69, 9.17) is 5.11 Å². The van der Waals surface area contributed by atoms with E-state index in [1.54, 1.807) is 4.90 Å². The molecule has 6 nitrogen and oxygen atoms in total. The van der Waals surface area contributed by atoms with Crippen LogP contribution in [0.1, 0.15) is 11.3 Å². The molecule has 0 unspecified atom stereocenters. The van der Waals surface area contributed by atoms with Crippen LogP contribution in [-0.4, -0.2) is 52.2 Å². The minimum atomic E-state index is -4.72. The highest BCUT2D eigenvalue weighted by Crippen LogP contribution is 2.40. The summed E-state index contributed by atoms with van der Waals surface area (Å²) in [4.78, 5) is 21.0. The van der Waals surface area contributed by atoms with Gasteiger partial charge in [-0.1, -0.05) is 0 Å². The Labute approximate surface area is 170 Å². The molecule has 1 N–H and O–H groups in total. The van der Waals surface area contributed by atoms with E-state index in [-0.39, 0.29) is 36.2 Å². The number of piperazine rings is 1. The zero-order valence-electron chi connectivity index (χ0n) is 15.0. The standard InChI is InChI=1S/C17H14F6N4O2S/c18-16(19,20)10-1-2-11(26-5-7-27(8-6-26)15(28)29)12(9-10)30-14-24-4-3-13(25-14)17(21,22)23/h1-4,9H,5-8H2,(H,28,29). The third kappa shape index (κ3) is 5.07. The van der Waals surface area contributed by atoms with Gasteiger partial charge in [-0.2, -0.15) is 26.3 Å². The molecule has 0 saturated carbocycles. The third-order valence-electron chi connectivity index (χ3n) is 4.30. The van der Waals surface area contributed by atoms with Crippen molar-refractivity contribution in [3.63, 3.8) is 0 Å². The second-order valence-electron chi connectivity index (χ2n) is 6.26. The Morgan fingerprint density at radius 2 is 1.67 bits per heavy atom. The number of carboxylic acid groups (broad SMARTS) is 1. The van der Waals surface area contributed by atoms with Gasteiger partial charge in [-0.15, -0.1) is 0 Å². The molecule has 1 aromatic carbocycles. The molecule has 3 rings (SSSR count). The van der Waals surface area contributed by atoms with Gasteiger partial charge >= 0.3 is 18.4 Å². The van der Waals surface area contributed by atoms with Crippen LogP contribution < -0.4 is 4.90 Å². The Morgan fingerprint density at radius 3 is 2.23 bits per heavy atom. The Morgan fingerprint density at radius 1 is 1.00 bits per heavy atom. The van der Waals surface area contributed by atoms with Crippen molar-refractivity contribution in [1.82, 2.24) is 14.9 Å². The Balaban J connectivity index is 1.94. The summed E-state index contributed by atoms with van der Waals surface area (Å²) in [6.45, 7) is 0.713. The summed E-state index contributed by atoms with van der Waals surface area (Å²) >= 11 is 0.582. The number of halogens is 6. The van der Waals surface area contributed by atoms with Gasteiger partial charge in [0.25, 0.3) is 0 Å². The van der Waals surface area contributed by atoms with E-state index in [1.165, 1.54) is 11.0 Å². The highest BCUT2D eigenvalue weighted by atomic mass is 32.2. The highest BCUT2D eigenvalue weighted by molar-refractivity contribution is 7.99. The van der Waals surface area contributed by atoms with E-state index in [9.17, 15) is 31.1 Å². The first-order valence-electron chi connectivity index (χ1n) is 8.47. The molecule has 13 heteroatoms. The summed E-state index contributed by atoms with van der Waals surface area (Å²) in [6.07, 6.45) is -9.59. The largest absolute Gasteiger partial charge is 0.465 e. The molecule has 0 bridgehead atoms. The van der Waals surface area contributed by atoms with Crippen LogP contribution in [-0.2, 0) is 12.4 Å². The van der Waals surface area contributed by atoms with Crippen molar-refractivity contribution >= 4 is 23.5 Å². The zero-order chi connectivity index (χ0) is 22.1. The molecular weight excluding hydrogens is 438 g/mol. The third-order valence-corrected chi connectivity index (χ3v) is 5.23. The number of hydrogen-bond donors (Lipinski definition) is 1. The minimum Gasteiger partial charge on any atom is -0.465 e. The number of alkyl halides is 6. The predicted octanol–water partition coefficient (Wildman–Crippen LogP) is 4.47. The van der Waals surface area contributed by atoms with Crippen molar-refractivity contribution in [2.75, 3.05) is 31.1 Å².